The lowest BCUT2D eigenvalue weighted by atomic mass is 9.83. The molecule has 0 N–H and O–H groups in total. The molecule has 2 aromatic rings. The van der Waals surface area contributed by atoms with E-state index < -0.39 is 0 Å². The predicted octanol–water partition coefficient (Wildman–Crippen LogP) is 4.85. The summed E-state index contributed by atoms with van der Waals surface area (Å²) in [7, 11) is 0. The molecule has 0 amide bonds. The van der Waals surface area contributed by atoms with Gasteiger partial charge in [0, 0.05) is 24.2 Å². The predicted molar refractivity (Wildman–Crippen MR) is 88.3 cm³/mol. The molecule has 0 saturated carbocycles. The molecule has 0 saturated heterocycles. The van der Waals surface area contributed by atoms with Crippen LogP contribution in [0, 0.1) is 5.92 Å². The van der Waals surface area contributed by atoms with Crippen molar-refractivity contribution in [3.63, 3.8) is 0 Å². The van der Waals surface area contributed by atoms with Crippen molar-refractivity contribution < 1.29 is 4.79 Å². The molecule has 1 unspecified atom stereocenters. The summed E-state index contributed by atoms with van der Waals surface area (Å²) >= 11 is 0. The molecule has 0 aliphatic rings. The minimum absolute atomic E-state index is 0.0679. The maximum absolute atomic E-state index is 11.5. The van der Waals surface area contributed by atoms with E-state index in [9.17, 15) is 4.79 Å². The minimum atomic E-state index is 0.0679. The molecule has 1 aromatic heterocycles. The second-order valence-electron chi connectivity index (χ2n) is 4.99. The van der Waals surface area contributed by atoms with E-state index in [1.807, 2.05) is 63.5 Å². The highest BCUT2D eigenvalue weighted by Crippen LogP contribution is 2.30. The van der Waals surface area contributed by atoms with Crippen LogP contribution in [0.4, 0.5) is 0 Å². The molecule has 0 fully saturated rings. The van der Waals surface area contributed by atoms with Gasteiger partial charge in [-0.1, -0.05) is 51.1 Å². The van der Waals surface area contributed by atoms with E-state index >= 15 is 0 Å². The van der Waals surface area contributed by atoms with Crippen molar-refractivity contribution in [3.05, 3.63) is 66.0 Å². The van der Waals surface area contributed by atoms with Gasteiger partial charge in [-0.3, -0.25) is 9.78 Å². The fourth-order valence-electron chi connectivity index (χ4n) is 2.27. The summed E-state index contributed by atoms with van der Waals surface area (Å²) in [6.07, 6.45) is 4.46. The molecule has 2 nitrogen and oxygen atoms in total. The summed E-state index contributed by atoms with van der Waals surface area (Å²) in [4.78, 5) is 15.6. The number of Topliss-reactive ketones (excluding diaryl/α,β-unsaturated/α-hetero) is 1. The molecule has 2 atom stereocenters. The second-order valence-corrected chi connectivity index (χ2v) is 4.99. The number of carbonyl (C=O) groups is 1. The zero-order chi connectivity index (χ0) is 15.7. The normalized spacial score (nSPS) is 12.8. The number of nitrogens with zero attached hydrogens (tertiary/aromatic N) is 1. The highest BCUT2D eigenvalue weighted by molar-refractivity contribution is 5.78. The Bertz CT molecular complexity index is 482. The monoisotopic (exact) mass is 283 g/mol. The second kappa shape index (κ2) is 9.06. The van der Waals surface area contributed by atoms with E-state index in [1.165, 1.54) is 11.1 Å². The van der Waals surface area contributed by atoms with Crippen molar-refractivity contribution in [2.45, 2.75) is 40.0 Å². The summed E-state index contributed by atoms with van der Waals surface area (Å²) in [6.45, 7) is 7.67. The van der Waals surface area contributed by atoms with Crippen molar-refractivity contribution in [1.82, 2.24) is 4.98 Å². The van der Waals surface area contributed by atoms with Crippen LogP contribution in [-0.4, -0.2) is 10.8 Å². The summed E-state index contributed by atoms with van der Waals surface area (Å²) in [5.74, 6) is 0.566. The highest BCUT2D eigenvalue weighted by Gasteiger charge is 2.19. The van der Waals surface area contributed by atoms with Crippen LogP contribution in [0.2, 0.25) is 0 Å². The molecular formula is C19H25NO. The van der Waals surface area contributed by atoms with Crippen molar-refractivity contribution in [3.8, 4) is 0 Å². The quantitative estimate of drug-likeness (QED) is 0.784. The fraction of sp³-hybridized carbons (Fsp3) is 0.368. The Labute approximate surface area is 128 Å². The fourth-order valence-corrected chi connectivity index (χ4v) is 2.27. The Morgan fingerprint density at radius 1 is 1.00 bits per heavy atom. The Kier molecular flexibility index (Phi) is 7.38. The first kappa shape index (κ1) is 17.1. The summed E-state index contributed by atoms with van der Waals surface area (Å²) in [5.41, 5.74) is 2.47. The largest absolute Gasteiger partial charge is 0.300 e. The number of hydrogen-bond donors (Lipinski definition) is 0. The molecule has 0 radical (unpaired) electrons. The van der Waals surface area contributed by atoms with Gasteiger partial charge in [0.25, 0.3) is 0 Å². The van der Waals surface area contributed by atoms with E-state index in [-0.39, 0.29) is 17.6 Å². The third-order valence-corrected chi connectivity index (χ3v) is 3.59. The summed E-state index contributed by atoms with van der Waals surface area (Å²) in [6, 6.07) is 14.4. The number of rotatable bonds is 5. The number of hydrogen-bond acceptors (Lipinski definition) is 2. The number of carbonyl (C=O) groups excluding carboxylic acids is 1. The van der Waals surface area contributed by atoms with Crippen molar-refractivity contribution >= 4 is 5.78 Å². The van der Waals surface area contributed by atoms with Gasteiger partial charge in [0.1, 0.15) is 5.78 Å². The van der Waals surface area contributed by atoms with Crippen molar-refractivity contribution in [2.24, 2.45) is 5.92 Å². The molecule has 2 rings (SSSR count). The third kappa shape index (κ3) is 5.14. The summed E-state index contributed by atoms with van der Waals surface area (Å²) < 4.78 is 0. The molecule has 0 aliphatic carbocycles. The van der Waals surface area contributed by atoms with Crippen LogP contribution in [0.1, 0.15) is 51.2 Å². The average molecular weight is 283 g/mol. The van der Waals surface area contributed by atoms with Gasteiger partial charge in [0.2, 0.25) is 0 Å². The molecule has 0 spiro atoms. The molecule has 112 valence electrons. The molecule has 1 aromatic carbocycles. The zero-order valence-electron chi connectivity index (χ0n) is 13.4. The zero-order valence-corrected chi connectivity index (χ0v) is 13.4. The van der Waals surface area contributed by atoms with E-state index in [1.54, 1.807) is 6.92 Å². The maximum atomic E-state index is 11.5. The van der Waals surface area contributed by atoms with Crippen LogP contribution in [-0.2, 0) is 4.79 Å². The first-order valence-electron chi connectivity index (χ1n) is 7.64. The van der Waals surface area contributed by atoms with E-state index in [0.29, 0.717) is 0 Å². The van der Waals surface area contributed by atoms with Gasteiger partial charge >= 0.3 is 0 Å². The molecular weight excluding hydrogens is 258 g/mol. The average Bonchev–Trinajstić information content (AvgIpc) is 2.55. The third-order valence-electron chi connectivity index (χ3n) is 3.59. The van der Waals surface area contributed by atoms with Gasteiger partial charge in [-0.2, -0.15) is 0 Å². The lowest BCUT2D eigenvalue weighted by Gasteiger charge is -2.20. The molecule has 1 heterocycles. The van der Waals surface area contributed by atoms with Crippen molar-refractivity contribution in [2.75, 3.05) is 0 Å². The summed E-state index contributed by atoms with van der Waals surface area (Å²) in [5, 5.41) is 0. The number of pyridine rings is 1. The van der Waals surface area contributed by atoms with Crippen LogP contribution in [0.5, 0.6) is 0 Å². The molecule has 0 bridgehead atoms. The van der Waals surface area contributed by atoms with Crippen LogP contribution < -0.4 is 0 Å². The SMILES string of the molecule is CC.CC(=O)[C@@H](C)CC(c1ccccc1)c1ccncc1. The minimum Gasteiger partial charge on any atom is -0.300 e. The van der Waals surface area contributed by atoms with E-state index in [4.69, 9.17) is 0 Å². The Morgan fingerprint density at radius 2 is 1.52 bits per heavy atom. The lowest BCUT2D eigenvalue weighted by molar-refractivity contribution is -0.120. The van der Waals surface area contributed by atoms with E-state index in [0.717, 1.165) is 6.42 Å². The molecule has 2 heteroatoms. The van der Waals surface area contributed by atoms with Gasteiger partial charge in [-0.25, -0.2) is 0 Å². The van der Waals surface area contributed by atoms with E-state index in [2.05, 4.69) is 17.1 Å². The van der Waals surface area contributed by atoms with Gasteiger partial charge < -0.3 is 0 Å². The van der Waals surface area contributed by atoms with Gasteiger partial charge in [0.05, 0.1) is 0 Å². The highest BCUT2D eigenvalue weighted by atomic mass is 16.1. The Balaban J connectivity index is 0.00000106. The van der Waals surface area contributed by atoms with Gasteiger partial charge in [0.15, 0.2) is 0 Å². The number of aromatic nitrogens is 1. The van der Waals surface area contributed by atoms with Crippen molar-refractivity contribution in [1.29, 1.82) is 0 Å². The Hall–Kier alpha value is -1.96. The first-order valence-corrected chi connectivity index (χ1v) is 7.64. The van der Waals surface area contributed by atoms with Crippen LogP contribution >= 0.6 is 0 Å². The Morgan fingerprint density at radius 3 is 2.05 bits per heavy atom. The van der Waals surface area contributed by atoms with Gasteiger partial charge in [-0.05, 0) is 36.6 Å². The topological polar surface area (TPSA) is 30.0 Å². The van der Waals surface area contributed by atoms with Crippen LogP contribution in [0.3, 0.4) is 0 Å². The molecule has 21 heavy (non-hydrogen) atoms. The van der Waals surface area contributed by atoms with Gasteiger partial charge in [-0.15, -0.1) is 0 Å². The lowest BCUT2D eigenvalue weighted by Crippen LogP contribution is -2.12. The first-order chi connectivity index (χ1) is 10.2. The number of benzene rings is 1. The van der Waals surface area contributed by atoms with Crippen LogP contribution in [0.15, 0.2) is 54.9 Å². The van der Waals surface area contributed by atoms with Crippen LogP contribution in [0.25, 0.3) is 0 Å². The smallest absolute Gasteiger partial charge is 0.132 e. The standard InChI is InChI=1S/C17H19NO.C2H6/c1-13(14(2)19)12-17(15-6-4-3-5-7-15)16-8-10-18-11-9-16;1-2/h3-11,13,17H,12H2,1-2H3;1-2H3/t13-,17?;/m0./s1. The maximum Gasteiger partial charge on any atom is 0.132 e. The molecule has 0 aliphatic heterocycles. The number of ketones is 1.